The van der Waals surface area contributed by atoms with Gasteiger partial charge in [0.05, 0.1) is 11.0 Å². The molecular formula is C41H24N4S. The van der Waals surface area contributed by atoms with E-state index in [1.807, 2.05) is 48.2 Å². The highest BCUT2D eigenvalue weighted by Crippen LogP contribution is 2.50. The molecule has 0 aliphatic carbocycles. The molecule has 1 aliphatic rings. The number of benzene rings is 7. The van der Waals surface area contributed by atoms with Crippen LogP contribution in [0.4, 0.5) is 0 Å². The molecule has 1 aliphatic heterocycles. The Morgan fingerprint density at radius 1 is 0.435 bits per heavy atom. The van der Waals surface area contributed by atoms with Crippen LogP contribution in [0.25, 0.3) is 83.2 Å². The van der Waals surface area contributed by atoms with E-state index in [0.717, 1.165) is 33.2 Å². The van der Waals surface area contributed by atoms with Crippen molar-refractivity contribution in [2.24, 2.45) is 0 Å². The van der Waals surface area contributed by atoms with Crippen LogP contribution in [-0.4, -0.2) is 19.5 Å². The molecule has 3 heterocycles. The van der Waals surface area contributed by atoms with Gasteiger partial charge < -0.3 is 4.57 Å². The predicted molar refractivity (Wildman–Crippen MR) is 190 cm³/mol. The standard InChI is InChI=1S/C41H24N4S/c1-3-11-26(12-4-1)39-42-40(27-13-5-2-6-14-27)44-41(43-39)31-24-29(23-28-15-7-8-17-30(28)31)45-32-18-10-20-35-37(32)38-33(45)22-21-25-16-9-19-34(46-35)36(25)38/h1-24H. The van der Waals surface area contributed by atoms with E-state index in [1.54, 1.807) is 0 Å². The Morgan fingerprint density at radius 2 is 1.04 bits per heavy atom. The van der Waals surface area contributed by atoms with Gasteiger partial charge in [0.2, 0.25) is 0 Å². The lowest BCUT2D eigenvalue weighted by Gasteiger charge is -2.14. The first kappa shape index (κ1) is 25.5. The van der Waals surface area contributed by atoms with Crippen molar-refractivity contribution in [3.05, 3.63) is 146 Å². The highest BCUT2D eigenvalue weighted by Gasteiger charge is 2.24. The molecule has 0 spiro atoms. The quantitative estimate of drug-likeness (QED) is 0.200. The van der Waals surface area contributed by atoms with E-state index in [0.29, 0.717) is 17.5 Å². The number of nitrogens with zero attached hydrogens (tertiary/aromatic N) is 4. The molecule has 0 unspecified atom stereocenters. The van der Waals surface area contributed by atoms with Crippen molar-refractivity contribution in [2.45, 2.75) is 9.79 Å². The van der Waals surface area contributed by atoms with Gasteiger partial charge in [-0.05, 0) is 52.6 Å². The van der Waals surface area contributed by atoms with Gasteiger partial charge in [-0.15, -0.1) is 0 Å². The largest absolute Gasteiger partial charge is 0.309 e. The summed E-state index contributed by atoms with van der Waals surface area (Å²) >= 11 is 1.87. The van der Waals surface area contributed by atoms with Gasteiger partial charge in [0, 0.05) is 48.3 Å². The average Bonchev–Trinajstić information content (AvgIpc) is 3.47. The van der Waals surface area contributed by atoms with Crippen LogP contribution >= 0.6 is 11.8 Å². The van der Waals surface area contributed by atoms with Crippen molar-refractivity contribution in [1.82, 2.24) is 19.5 Å². The summed E-state index contributed by atoms with van der Waals surface area (Å²) in [4.78, 5) is 17.8. The van der Waals surface area contributed by atoms with E-state index in [2.05, 4.69) is 114 Å². The van der Waals surface area contributed by atoms with Gasteiger partial charge in [0.15, 0.2) is 17.5 Å². The number of hydrogen-bond donors (Lipinski definition) is 0. The van der Waals surface area contributed by atoms with Gasteiger partial charge in [0.1, 0.15) is 0 Å². The molecule has 0 saturated heterocycles. The fraction of sp³-hybridized carbons (Fsp3) is 0. The fourth-order valence-corrected chi connectivity index (χ4v) is 8.13. The maximum atomic E-state index is 5.13. The maximum absolute atomic E-state index is 5.13. The third-order valence-corrected chi connectivity index (χ3v) is 10.1. The molecule has 0 N–H and O–H groups in total. The summed E-state index contributed by atoms with van der Waals surface area (Å²) in [7, 11) is 0. The van der Waals surface area contributed by atoms with Crippen LogP contribution in [0.15, 0.2) is 155 Å². The minimum absolute atomic E-state index is 0.653. The van der Waals surface area contributed by atoms with E-state index < -0.39 is 0 Å². The smallest absolute Gasteiger partial charge is 0.164 e. The second-order valence-corrected chi connectivity index (χ2v) is 12.7. The van der Waals surface area contributed by atoms with Crippen LogP contribution in [0.3, 0.4) is 0 Å². The van der Waals surface area contributed by atoms with Gasteiger partial charge >= 0.3 is 0 Å². The summed E-state index contributed by atoms with van der Waals surface area (Å²) in [5.41, 5.74) is 6.37. The molecule has 0 atom stereocenters. The van der Waals surface area contributed by atoms with E-state index in [-0.39, 0.29) is 0 Å². The molecule has 9 aromatic rings. The first-order valence-corrected chi connectivity index (χ1v) is 16.2. The maximum Gasteiger partial charge on any atom is 0.164 e. The molecule has 5 heteroatoms. The minimum Gasteiger partial charge on any atom is -0.309 e. The fourth-order valence-electron chi connectivity index (χ4n) is 6.97. The Balaban J connectivity index is 1.29. The summed E-state index contributed by atoms with van der Waals surface area (Å²) in [6, 6.07) is 51.2. The van der Waals surface area contributed by atoms with Gasteiger partial charge in [-0.25, -0.2) is 15.0 Å². The molecular weight excluding hydrogens is 581 g/mol. The second kappa shape index (κ2) is 9.86. The Morgan fingerprint density at radius 3 is 1.80 bits per heavy atom. The zero-order chi connectivity index (χ0) is 30.2. The van der Waals surface area contributed by atoms with Gasteiger partial charge in [-0.1, -0.05) is 121 Å². The van der Waals surface area contributed by atoms with Crippen molar-refractivity contribution >= 4 is 55.1 Å². The summed E-state index contributed by atoms with van der Waals surface area (Å²) in [5, 5.41) is 7.49. The average molecular weight is 605 g/mol. The topological polar surface area (TPSA) is 43.6 Å². The summed E-state index contributed by atoms with van der Waals surface area (Å²) in [5.74, 6) is 1.96. The lowest BCUT2D eigenvalue weighted by Crippen LogP contribution is -2.02. The third-order valence-electron chi connectivity index (χ3n) is 8.99. The summed E-state index contributed by atoms with van der Waals surface area (Å²) < 4.78 is 2.42. The lowest BCUT2D eigenvalue weighted by molar-refractivity contribution is 1.07. The molecule has 214 valence electrons. The van der Waals surface area contributed by atoms with Crippen LogP contribution in [0, 0.1) is 0 Å². The van der Waals surface area contributed by atoms with Crippen molar-refractivity contribution in [3.63, 3.8) is 0 Å². The van der Waals surface area contributed by atoms with Crippen LogP contribution in [-0.2, 0) is 0 Å². The monoisotopic (exact) mass is 604 g/mol. The van der Waals surface area contributed by atoms with Crippen LogP contribution in [0.1, 0.15) is 0 Å². The highest BCUT2D eigenvalue weighted by molar-refractivity contribution is 8.00. The number of fused-ring (bicyclic) bond motifs is 1. The van der Waals surface area contributed by atoms with Crippen LogP contribution in [0.2, 0.25) is 0 Å². The minimum atomic E-state index is 0.653. The van der Waals surface area contributed by atoms with Crippen molar-refractivity contribution in [3.8, 4) is 39.9 Å². The number of rotatable bonds is 4. The van der Waals surface area contributed by atoms with Crippen molar-refractivity contribution < 1.29 is 0 Å². The molecule has 2 aromatic heterocycles. The summed E-state index contributed by atoms with van der Waals surface area (Å²) in [6.07, 6.45) is 0. The van der Waals surface area contributed by atoms with Crippen molar-refractivity contribution in [1.29, 1.82) is 0 Å². The van der Waals surface area contributed by atoms with Crippen molar-refractivity contribution in [2.75, 3.05) is 0 Å². The molecule has 0 fully saturated rings. The summed E-state index contributed by atoms with van der Waals surface area (Å²) in [6.45, 7) is 0. The lowest BCUT2D eigenvalue weighted by atomic mass is 10.0. The number of hydrogen-bond acceptors (Lipinski definition) is 4. The normalized spacial score (nSPS) is 12.3. The number of aromatic nitrogens is 4. The molecule has 46 heavy (non-hydrogen) atoms. The van der Waals surface area contributed by atoms with Crippen LogP contribution in [0.5, 0.6) is 0 Å². The van der Waals surface area contributed by atoms with E-state index >= 15 is 0 Å². The first-order chi connectivity index (χ1) is 22.8. The van der Waals surface area contributed by atoms with Crippen LogP contribution < -0.4 is 0 Å². The van der Waals surface area contributed by atoms with Gasteiger partial charge in [-0.2, -0.15) is 0 Å². The van der Waals surface area contributed by atoms with Gasteiger partial charge in [-0.3, -0.25) is 0 Å². The Kier molecular flexibility index (Phi) is 5.47. The highest BCUT2D eigenvalue weighted by atomic mass is 32.2. The van der Waals surface area contributed by atoms with E-state index in [1.165, 1.54) is 42.4 Å². The molecule has 10 rings (SSSR count). The van der Waals surface area contributed by atoms with E-state index in [4.69, 9.17) is 15.0 Å². The predicted octanol–water partition coefficient (Wildman–Crippen LogP) is 10.7. The molecule has 0 saturated carbocycles. The molecule has 0 bridgehead atoms. The molecule has 0 radical (unpaired) electrons. The second-order valence-electron chi connectivity index (χ2n) is 11.7. The Bertz CT molecular complexity index is 2600. The SMILES string of the molecule is c1ccc(-c2nc(-c3ccccc3)nc(-c3cc(-n4c5cccc6c5c5c7c(cccc7ccc54)S6)cc4ccccc34)n2)cc1. The molecule has 4 nitrogen and oxygen atoms in total. The zero-order valence-corrected chi connectivity index (χ0v) is 25.4. The first-order valence-electron chi connectivity index (χ1n) is 15.4. The third kappa shape index (κ3) is 3.79. The zero-order valence-electron chi connectivity index (χ0n) is 24.6. The molecule has 7 aromatic carbocycles. The van der Waals surface area contributed by atoms with E-state index in [9.17, 15) is 0 Å². The van der Waals surface area contributed by atoms with Gasteiger partial charge in [0.25, 0.3) is 0 Å². The Hall–Kier alpha value is -5.78. The Labute approximate surface area is 269 Å². The molecule has 0 amide bonds.